The largest absolute Gasteiger partial charge is 0.476 e. The van der Waals surface area contributed by atoms with E-state index in [-0.39, 0.29) is 0 Å². The van der Waals surface area contributed by atoms with E-state index in [0.29, 0.717) is 12.6 Å². The summed E-state index contributed by atoms with van der Waals surface area (Å²) >= 11 is 0. The van der Waals surface area contributed by atoms with E-state index < -0.39 is 0 Å². The lowest BCUT2D eigenvalue weighted by molar-refractivity contribution is 0.293. The number of aryl methyl sites for hydroxylation is 1. The van der Waals surface area contributed by atoms with Gasteiger partial charge < -0.3 is 10.1 Å². The molecule has 0 atom stereocenters. The Kier molecular flexibility index (Phi) is 4.93. The van der Waals surface area contributed by atoms with Gasteiger partial charge in [0.15, 0.2) is 0 Å². The van der Waals surface area contributed by atoms with E-state index >= 15 is 0 Å². The van der Waals surface area contributed by atoms with Crippen molar-refractivity contribution in [3.63, 3.8) is 0 Å². The van der Waals surface area contributed by atoms with Crippen LogP contribution in [0.4, 0.5) is 0 Å². The summed E-state index contributed by atoms with van der Waals surface area (Å²) in [5.74, 6) is 0.799. The standard InChI is InChI=1S/C14H23N3O/c1-11(2)15-8-9-18-14-12-6-4-3-5-7-13(12)16-10-17-14/h10-11,15H,3-9H2,1-2H3. The van der Waals surface area contributed by atoms with Crippen molar-refractivity contribution in [2.24, 2.45) is 0 Å². The Bertz CT molecular complexity index is 379. The monoisotopic (exact) mass is 249 g/mol. The minimum atomic E-state index is 0.496. The average Bonchev–Trinajstić information content (AvgIpc) is 2.60. The average molecular weight is 249 g/mol. The van der Waals surface area contributed by atoms with E-state index in [1.54, 1.807) is 6.33 Å². The van der Waals surface area contributed by atoms with Crippen LogP contribution in [0.2, 0.25) is 0 Å². The molecule has 4 nitrogen and oxygen atoms in total. The van der Waals surface area contributed by atoms with Crippen LogP contribution in [0.5, 0.6) is 5.88 Å². The normalized spacial score (nSPS) is 15.3. The highest BCUT2D eigenvalue weighted by molar-refractivity contribution is 5.30. The van der Waals surface area contributed by atoms with Crippen molar-refractivity contribution >= 4 is 0 Å². The van der Waals surface area contributed by atoms with Crippen molar-refractivity contribution in [3.8, 4) is 5.88 Å². The van der Waals surface area contributed by atoms with Gasteiger partial charge in [-0.15, -0.1) is 0 Å². The second-order valence-corrected chi connectivity index (χ2v) is 5.12. The maximum Gasteiger partial charge on any atom is 0.219 e. The molecule has 0 unspecified atom stereocenters. The van der Waals surface area contributed by atoms with E-state index in [1.807, 2.05) is 0 Å². The predicted octanol–water partition coefficient (Wildman–Crippen LogP) is 2.12. The lowest BCUT2D eigenvalue weighted by Crippen LogP contribution is -2.27. The van der Waals surface area contributed by atoms with Crippen LogP contribution in [0.15, 0.2) is 6.33 Å². The summed E-state index contributed by atoms with van der Waals surface area (Å²) in [5.41, 5.74) is 2.42. The van der Waals surface area contributed by atoms with E-state index in [9.17, 15) is 0 Å². The van der Waals surface area contributed by atoms with Crippen LogP contribution in [0.1, 0.15) is 44.4 Å². The van der Waals surface area contributed by atoms with Crippen LogP contribution in [0.25, 0.3) is 0 Å². The molecule has 0 spiro atoms. The maximum absolute atomic E-state index is 5.80. The topological polar surface area (TPSA) is 47.0 Å². The van der Waals surface area contributed by atoms with Crippen LogP contribution in [-0.2, 0) is 12.8 Å². The van der Waals surface area contributed by atoms with Gasteiger partial charge in [0.25, 0.3) is 0 Å². The molecule has 0 saturated heterocycles. The molecule has 1 aromatic heterocycles. The molecule has 1 aromatic rings. The Morgan fingerprint density at radius 2 is 2.06 bits per heavy atom. The first-order valence-electron chi connectivity index (χ1n) is 6.96. The number of nitrogens with one attached hydrogen (secondary N) is 1. The van der Waals surface area contributed by atoms with E-state index in [1.165, 1.54) is 30.5 Å². The first-order valence-corrected chi connectivity index (χ1v) is 6.96. The lowest BCUT2D eigenvalue weighted by Gasteiger charge is -2.13. The Balaban J connectivity index is 1.95. The fourth-order valence-corrected chi connectivity index (χ4v) is 2.29. The SMILES string of the molecule is CC(C)NCCOc1ncnc2c1CCCCC2. The number of ether oxygens (including phenoxy) is 1. The Hall–Kier alpha value is -1.16. The molecule has 100 valence electrons. The van der Waals surface area contributed by atoms with Gasteiger partial charge in [-0.3, -0.25) is 0 Å². The number of aromatic nitrogens is 2. The Morgan fingerprint density at radius 3 is 2.89 bits per heavy atom. The lowest BCUT2D eigenvalue weighted by atomic mass is 10.1. The predicted molar refractivity (Wildman–Crippen MR) is 71.9 cm³/mol. The molecule has 1 heterocycles. The molecule has 0 amide bonds. The molecule has 1 N–H and O–H groups in total. The third kappa shape index (κ3) is 3.67. The molecule has 1 aliphatic carbocycles. The zero-order valence-electron chi connectivity index (χ0n) is 11.4. The van der Waals surface area contributed by atoms with Gasteiger partial charge >= 0.3 is 0 Å². The molecule has 0 fully saturated rings. The van der Waals surface area contributed by atoms with Gasteiger partial charge in [0, 0.05) is 18.2 Å². The summed E-state index contributed by atoms with van der Waals surface area (Å²) in [6.45, 7) is 5.80. The van der Waals surface area contributed by atoms with Crippen LogP contribution >= 0.6 is 0 Å². The number of nitrogens with zero attached hydrogens (tertiary/aromatic N) is 2. The molecule has 0 bridgehead atoms. The molecule has 18 heavy (non-hydrogen) atoms. The number of fused-ring (bicyclic) bond motifs is 1. The quantitative estimate of drug-likeness (QED) is 0.641. The van der Waals surface area contributed by atoms with E-state index in [0.717, 1.165) is 25.3 Å². The number of hydrogen-bond donors (Lipinski definition) is 1. The van der Waals surface area contributed by atoms with Crippen molar-refractivity contribution in [2.75, 3.05) is 13.2 Å². The Labute approximate surface area is 109 Å². The van der Waals surface area contributed by atoms with Gasteiger partial charge in [-0.2, -0.15) is 0 Å². The summed E-state index contributed by atoms with van der Waals surface area (Å²) in [6.07, 6.45) is 7.50. The van der Waals surface area contributed by atoms with E-state index in [2.05, 4.69) is 29.1 Å². The number of hydrogen-bond acceptors (Lipinski definition) is 4. The Morgan fingerprint density at radius 1 is 1.22 bits per heavy atom. The first-order chi connectivity index (χ1) is 8.77. The molecule has 0 aromatic carbocycles. The molecular formula is C14H23N3O. The maximum atomic E-state index is 5.80. The van der Waals surface area contributed by atoms with Gasteiger partial charge in [-0.25, -0.2) is 9.97 Å². The number of rotatable bonds is 5. The summed E-state index contributed by atoms with van der Waals surface area (Å²) in [7, 11) is 0. The fourth-order valence-electron chi connectivity index (χ4n) is 2.29. The van der Waals surface area contributed by atoms with Crippen molar-refractivity contribution in [1.29, 1.82) is 0 Å². The zero-order valence-corrected chi connectivity index (χ0v) is 11.4. The zero-order chi connectivity index (χ0) is 12.8. The highest BCUT2D eigenvalue weighted by Gasteiger charge is 2.15. The third-order valence-electron chi connectivity index (χ3n) is 3.23. The fraction of sp³-hybridized carbons (Fsp3) is 0.714. The minimum absolute atomic E-state index is 0.496. The molecule has 4 heteroatoms. The molecule has 1 aliphatic rings. The van der Waals surface area contributed by atoms with Crippen molar-refractivity contribution in [3.05, 3.63) is 17.6 Å². The molecule has 2 rings (SSSR count). The highest BCUT2D eigenvalue weighted by Crippen LogP contribution is 2.25. The molecule has 0 aliphatic heterocycles. The van der Waals surface area contributed by atoms with Gasteiger partial charge in [0.05, 0.1) is 5.69 Å². The minimum Gasteiger partial charge on any atom is -0.476 e. The summed E-state index contributed by atoms with van der Waals surface area (Å²) in [6, 6.07) is 0.496. The van der Waals surface area contributed by atoms with Gasteiger partial charge in [0.2, 0.25) is 5.88 Å². The van der Waals surface area contributed by atoms with E-state index in [4.69, 9.17) is 4.74 Å². The van der Waals surface area contributed by atoms with Gasteiger partial charge in [0.1, 0.15) is 12.9 Å². The summed E-state index contributed by atoms with van der Waals surface area (Å²) in [4.78, 5) is 8.68. The summed E-state index contributed by atoms with van der Waals surface area (Å²) in [5, 5.41) is 3.34. The van der Waals surface area contributed by atoms with Crippen LogP contribution in [-0.4, -0.2) is 29.2 Å². The molecular weight excluding hydrogens is 226 g/mol. The van der Waals surface area contributed by atoms with Gasteiger partial charge in [-0.05, 0) is 25.7 Å². The third-order valence-corrected chi connectivity index (χ3v) is 3.23. The van der Waals surface area contributed by atoms with Gasteiger partial charge in [-0.1, -0.05) is 20.3 Å². The molecule has 0 radical (unpaired) electrons. The smallest absolute Gasteiger partial charge is 0.219 e. The van der Waals surface area contributed by atoms with Crippen molar-refractivity contribution < 1.29 is 4.74 Å². The van der Waals surface area contributed by atoms with Crippen molar-refractivity contribution in [2.45, 2.75) is 52.0 Å². The molecule has 0 saturated carbocycles. The van der Waals surface area contributed by atoms with Crippen LogP contribution < -0.4 is 10.1 Å². The summed E-state index contributed by atoms with van der Waals surface area (Å²) < 4.78 is 5.80. The van der Waals surface area contributed by atoms with Crippen LogP contribution in [0.3, 0.4) is 0 Å². The first kappa shape index (κ1) is 13.3. The second-order valence-electron chi connectivity index (χ2n) is 5.12. The van der Waals surface area contributed by atoms with Crippen molar-refractivity contribution in [1.82, 2.24) is 15.3 Å². The second kappa shape index (κ2) is 6.69. The van der Waals surface area contributed by atoms with Crippen LogP contribution in [0, 0.1) is 0 Å². The highest BCUT2D eigenvalue weighted by atomic mass is 16.5.